The third-order valence-corrected chi connectivity index (χ3v) is 4.53. The Balaban J connectivity index is 1.81. The Morgan fingerprint density at radius 3 is 2.78 bits per heavy atom. The molecule has 1 aliphatic rings. The minimum Gasteiger partial charge on any atom is -0.478 e. The van der Waals surface area contributed by atoms with Gasteiger partial charge in [-0.05, 0) is 50.9 Å². The Bertz CT molecular complexity index is 533. The van der Waals surface area contributed by atoms with E-state index in [4.69, 9.17) is 4.74 Å². The van der Waals surface area contributed by atoms with Crippen molar-refractivity contribution in [2.24, 2.45) is 0 Å². The van der Waals surface area contributed by atoms with Crippen molar-refractivity contribution in [2.45, 2.75) is 45.3 Å². The highest BCUT2D eigenvalue weighted by Crippen LogP contribution is 2.22. The summed E-state index contributed by atoms with van der Waals surface area (Å²) in [7, 11) is 0. The summed E-state index contributed by atoms with van der Waals surface area (Å²) in [6, 6.07) is 4.71. The summed E-state index contributed by atoms with van der Waals surface area (Å²) in [5, 5.41) is 3.01. The van der Waals surface area contributed by atoms with Crippen molar-refractivity contribution < 1.29 is 13.9 Å². The summed E-state index contributed by atoms with van der Waals surface area (Å²) in [4.78, 5) is 14.6. The zero-order chi connectivity index (χ0) is 16.8. The molecule has 0 spiro atoms. The molecule has 2 rings (SSSR count). The Morgan fingerprint density at radius 1 is 1.48 bits per heavy atom. The standard InChI is InChI=1S/C17H24BrFN2O2/c1-3-8-21-9-6-14(7-10-21)20-17(22)12(2)23-16-5-4-13(18)11-15(16)19/h4-5,11-12,14H,3,6-10H2,1-2H3,(H,20,22)/t12-/m0/s1. The first-order chi connectivity index (χ1) is 11.0. The fourth-order valence-corrected chi connectivity index (χ4v) is 3.08. The lowest BCUT2D eigenvalue weighted by atomic mass is 10.0. The summed E-state index contributed by atoms with van der Waals surface area (Å²) < 4.78 is 19.8. The zero-order valence-corrected chi connectivity index (χ0v) is 15.2. The number of ether oxygens (including phenoxy) is 1. The molecule has 1 fully saturated rings. The third-order valence-electron chi connectivity index (χ3n) is 4.04. The highest BCUT2D eigenvalue weighted by molar-refractivity contribution is 9.10. The Kier molecular flexibility index (Phi) is 6.84. The number of benzene rings is 1. The topological polar surface area (TPSA) is 41.6 Å². The van der Waals surface area contributed by atoms with Crippen LogP contribution in [0.1, 0.15) is 33.1 Å². The van der Waals surface area contributed by atoms with E-state index in [0.717, 1.165) is 38.9 Å². The highest BCUT2D eigenvalue weighted by Gasteiger charge is 2.23. The molecule has 0 aliphatic carbocycles. The largest absolute Gasteiger partial charge is 0.478 e. The summed E-state index contributed by atoms with van der Waals surface area (Å²) in [6.45, 7) is 6.95. The minimum absolute atomic E-state index is 0.0913. The number of hydrogen-bond acceptors (Lipinski definition) is 3. The summed E-state index contributed by atoms with van der Waals surface area (Å²) in [5.41, 5.74) is 0. The van der Waals surface area contributed by atoms with Crippen molar-refractivity contribution in [2.75, 3.05) is 19.6 Å². The fourth-order valence-electron chi connectivity index (χ4n) is 2.75. The van der Waals surface area contributed by atoms with Gasteiger partial charge in [0.15, 0.2) is 17.7 Å². The number of nitrogens with one attached hydrogen (secondary N) is 1. The number of rotatable bonds is 6. The predicted molar refractivity (Wildman–Crippen MR) is 92.1 cm³/mol. The molecule has 1 N–H and O–H groups in total. The van der Waals surface area contributed by atoms with E-state index in [-0.39, 0.29) is 17.7 Å². The second-order valence-electron chi connectivity index (χ2n) is 5.96. The van der Waals surface area contributed by atoms with Gasteiger partial charge in [0, 0.05) is 23.6 Å². The van der Waals surface area contributed by atoms with Crippen LogP contribution >= 0.6 is 15.9 Å². The summed E-state index contributed by atoms with van der Waals surface area (Å²) in [6.07, 6.45) is 2.33. The van der Waals surface area contributed by atoms with E-state index in [1.807, 2.05) is 0 Å². The van der Waals surface area contributed by atoms with Crippen LogP contribution in [0.3, 0.4) is 0 Å². The molecule has 23 heavy (non-hydrogen) atoms. The van der Waals surface area contributed by atoms with Gasteiger partial charge in [-0.1, -0.05) is 22.9 Å². The van der Waals surface area contributed by atoms with Crippen molar-refractivity contribution >= 4 is 21.8 Å². The van der Waals surface area contributed by atoms with Crippen molar-refractivity contribution in [3.05, 3.63) is 28.5 Å². The number of nitrogens with zero attached hydrogens (tertiary/aromatic N) is 1. The van der Waals surface area contributed by atoms with Gasteiger partial charge in [-0.2, -0.15) is 0 Å². The van der Waals surface area contributed by atoms with Crippen LogP contribution in [0.5, 0.6) is 5.75 Å². The third kappa shape index (κ3) is 5.46. The molecule has 1 aromatic carbocycles. The van der Waals surface area contributed by atoms with Crippen LogP contribution < -0.4 is 10.1 Å². The molecular weight excluding hydrogens is 363 g/mol. The second kappa shape index (κ2) is 8.64. The minimum atomic E-state index is -0.723. The Labute approximate surface area is 145 Å². The molecule has 4 nitrogen and oxygen atoms in total. The van der Waals surface area contributed by atoms with E-state index in [1.165, 1.54) is 12.1 Å². The van der Waals surface area contributed by atoms with Gasteiger partial charge in [0.05, 0.1) is 0 Å². The van der Waals surface area contributed by atoms with Gasteiger partial charge in [-0.15, -0.1) is 0 Å². The van der Waals surface area contributed by atoms with E-state index < -0.39 is 11.9 Å². The molecule has 1 atom stereocenters. The molecule has 128 valence electrons. The summed E-state index contributed by atoms with van der Waals surface area (Å²) >= 11 is 3.19. The zero-order valence-electron chi connectivity index (χ0n) is 13.6. The van der Waals surface area contributed by atoms with Gasteiger partial charge in [-0.3, -0.25) is 4.79 Å². The quantitative estimate of drug-likeness (QED) is 0.814. The van der Waals surface area contributed by atoms with Crippen LogP contribution in [0, 0.1) is 5.82 Å². The van der Waals surface area contributed by atoms with E-state index in [9.17, 15) is 9.18 Å². The predicted octanol–water partition coefficient (Wildman–Crippen LogP) is 3.35. The van der Waals surface area contributed by atoms with Gasteiger partial charge in [0.2, 0.25) is 0 Å². The maximum atomic E-state index is 13.8. The molecule has 0 bridgehead atoms. The monoisotopic (exact) mass is 386 g/mol. The van der Waals surface area contributed by atoms with Crippen LogP contribution in [-0.4, -0.2) is 42.6 Å². The molecule has 1 aliphatic heterocycles. The molecule has 0 saturated carbocycles. The van der Waals surface area contributed by atoms with Gasteiger partial charge in [-0.25, -0.2) is 4.39 Å². The van der Waals surface area contributed by atoms with Gasteiger partial charge in [0.25, 0.3) is 5.91 Å². The maximum absolute atomic E-state index is 13.8. The lowest BCUT2D eigenvalue weighted by Gasteiger charge is -2.32. The van der Waals surface area contributed by atoms with Crippen LogP contribution in [0.25, 0.3) is 0 Å². The van der Waals surface area contributed by atoms with Crippen LogP contribution in [0.15, 0.2) is 22.7 Å². The number of likely N-dealkylation sites (tertiary alicyclic amines) is 1. The molecular formula is C17H24BrFN2O2. The van der Waals surface area contributed by atoms with Crippen LogP contribution in [0.4, 0.5) is 4.39 Å². The molecule has 0 aromatic heterocycles. The average molecular weight is 387 g/mol. The number of halogens is 2. The first kappa shape index (κ1) is 18.2. The molecule has 1 saturated heterocycles. The number of piperidine rings is 1. The maximum Gasteiger partial charge on any atom is 0.260 e. The van der Waals surface area contributed by atoms with Gasteiger partial charge >= 0.3 is 0 Å². The number of carbonyl (C=O) groups excluding carboxylic acids is 1. The normalized spacial score (nSPS) is 17.7. The van der Waals surface area contributed by atoms with Gasteiger partial charge < -0.3 is 15.0 Å². The van der Waals surface area contributed by atoms with Crippen molar-refractivity contribution in [1.82, 2.24) is 10.2 Å². The van der Waals surface area contributed by atoms with E-state index in [1.54, 1.807) is 13.0 Å². The average Bonchev–Trinajstić information content (AvgIpc) is 2.52. The molecule has 6 heteroatoms. The molecule has 0 unspecified atom stereocenters. The second-order valence-corrected chi connectivity index (χ2v) is 6.88. The molecule has 1 aromatic rings. The van der Waals surface area contributed by atoms with E-state index in [0.29, 0.717) is 4.47 Å². The molecule has 0 radical (unpaired) electrons. The number of hydrogen-bond donors (Lipinski definition) is 1. The lowest BCUT2D eigenvalue weighted by molar-refractivity contribution is -0.128. The first-order valence-electron chi connectivity index (χ1n) is 8.14. The first-order valence-corrected chi connectivity index (χ1v) is 8.93. The van der Waals surface area contributed by atoms with E-state index >= 15 is 0 Å². The van der Waals surface area contributed by atoms with Gasteiger partial charge in [0.1, 0.15) is 0 Å². The smallest absolute Gasteiger partial charge is 0.260 e. The Morgan fingerprint density at radius 2 is 2.17 bits per heavy atom. The molecule has 1 amide bonds. The van der Waals surface area contributed by atoms with E-state index in [2.05, 4.69) is 33.1 Å². The van der Waals surface area contributed by atoms with Crippen LogP contribution in [-0.2, 0) is 4.79 Å². The fraction of sp³-hybridized carbons (Fsp3) is 0.588. The van der Waals surface area contributed by atoms with Crippen LogP contribution in [0.2, 0.25) is 0 Å². The SMILES string of the molecule is CCCN1CCC(NC(=O)[C@H](C)Oc2ccc(Br)cc2F)CC1. The van der Waals surface area contributed by atoms with Crippen molar-refractivity contribution in [3.63, 3.8) is 0 Å². The number of amides is 1. The summed E-state index contributed by atoms with van der Waals surface area (Å²) in [5.74, 6) is -0.582. The number of carbonyl (C=O) groups is 1. The lowest BCUT2D eigenvalue weighted by Crippen LogP contribution is -2.48. The van der Waals surface area contributed by atoms with Crippen molar-refractivity contribution in [1.29, 1.82) is 0 Å². The Hall–Kier alpha value is -1.14. The highest BCUT2D eigenvalue weighted by atomic mass is 79.9. The van der Waals surface area contributed by atoms with Crippen molar-refractivity contribution in [3.8, 4) is 5.75 Å². The molecule has 1 heterocycles.